The summed E-state index contributed by atoms with van der Waals surface area (Å²) < 4.78 is 0. The Bertz CT molecular complexity index is 251. The molecular formula is C14H22. The first-order chi connectivity index (χ1) is 6.84. The van der Waals surface area contributed by atoms with Gasteiger partial charge in [-0.3, -0.25) is 0 Å². The van der Waals surface area contributed by atoms with Gasteiger partial charge in [0.25, 0.3) is 0 Å². The second-order valence-electron chi connectivity index (χ2n) is 5.86. The largest absolute Gasteiger partial charge is 0.0853 e. The summed E-state index contributed by atoms with van der Waals surface area (Å²) in [5, 5.41) is 0. The molecule has 0 amide bonds. The number of allylic oxidation sites excluding steroid dienone is 2. The molecule has 0 heterocycles. The molecule has 3 unspecified atom stereocenters. The van der Waals surface area contributed by atoms with Crippen molar-refractivity contribution in [3.63, 3.8) is 0 Å². The van der Waals surface area contributed by atoms with Gasteiger partial charge in [0.2, 0.25) is 0 Å². The zero-order valence-corrected chi connectivity index (χ0v) is 9.34. The second-order valence-corrected chi connectivity index (χ2v) is 5.86. The van der Waals surface area contributed by atoms with Crippen LogP contribution in [-0.2, 0) is 0 Å². The Morgan fingerprint density at radius 1 is 1.00 bits per heavy atom. The summed E-state index contributed by atoms with van der Waals surface area (Å²) in [7, 11) is 0. The molecule has 0 aliphatic heterocycles. The minimum atomic E-state index is 1.07. The van der Waals surface area contributed by atoms with E-state index in [1.165, 1.54) is 32.1 Å². The van der Waals surface area contributed by atoms with Crippen LogP contribution in [-0.4, -0.2) is 0 Å². The molecule has 3 aliphatic carbocycles. The minimum Gasteiger partial charge on any atom is -0.0853 e. The zero-order valence-electron chi connectivity index (χ0n) is 9.34. The molecule has 0 nitrogen and oxygen atoms in total. The highest BCUT2D eigenvalue weighted by Crippen LogP contribution is 2.52. The number of hydrogen-bond acceptors (Lipinski definition) is 0. The van der Waals surface area contributed by atoms with E-state index in [-0.39, 0.29) is 0 Å². The van der Waals surface area contributed by atoms with Crippen LogP contribution < -0.4 is 0 Å². The molecule has 0 bridgehead atoms. The normalized spacial score (nSPS) is 46.8. The fourth-order valence-corrected chi connectivity index (χ4v) is 4.50. The first kappa shape index (κ1) is 9.00. The predicted octanol–water partition coefficient (Wildman–Crippen LogP) is 4.17. The van der Waals surface area contributed by atoms with Crippen LogP contribution in [0, 0.1) is 23.7 Å². The molecule has 0 spiro atoms. The standard InChI is InChI=1S/C14H22/c1-10-5-6-11-3-2-4-12-7-8-13(9-10)14(11)12/h5,11-14H,2-4,6-9H2,1H3/t11-,12?,13?,14?/m0/s1. The summed E-state index contributed by atoms with van der Waals surface area (Å²) in [6.07, 6.45) is 13.1. The molecule has 78 valence electrons. The second kappa shape index (κ2) is 3.40. The lowest BCUT2D eigenvalue weighted by Crippen LogP contribution is -2.27. The topological polar surface area (TPSA) is 0 Å². The molecule has 0 aromatic carbocycles. The third-order valence-corrected chi connectivity index (χ3v) is 5.04. The maximum atomic E-state index is 2.55. The van der Waals surface area contributed by atoms with E-state index >= 15 is 0 Å². The molecule has 0 aromatic rings. The Hall–Kier alpha value is -0.260. The van der Waals surface area contributed by atoms with E-state index in [9.17, 15) is 0 Å². The van der Waals surface area contributed by atoms with Crippen molar-refractivity contribution in [3.8, 4) is 0 Å². The summed E-state index contributed by atoms with van der Waals surface area (Å²) in [5.41, 5.74) is 1.69. The van der Waals surface area contributed by atoms with Gasteiger partial charge in [-0.1, -0.05) is 24.5 Å². The van der Waals surface area contributed by atoms with Gasteiger partial charge in [-0.2, -0.15) is 0 Å². The number of rotatable bonds is 0. The fourth-order valence-electron chi connectivity index (χ4n) is 4.50. The summed E-state index contributed by atoms with van der Waals surface area (Å²) in [6.45, 7) is 2.35. The predicted molar refractivity (Wildman–Crippen MR) is 60.0 cm³/mol. The smallest absolute Gasteiger partial charge is 0.0292 e. The van der Waals surface area contributed by atoms with Crippen LogP contribution in [0.1, 0.15) is 51.9 Å². The van der Waals surface area contributed by atoms with Gasteiger partial charge in [0.1, 0.15) is 0 Å². The van der Waals surface area contributed by atoms with Gasteiger partial charge in [0.05, 0.1) is 0 Å². The van der Waals surface area contributed by atoms with E-state index in [1.807, 2.05) is 0 Å². The van der Waals surface area contributed by atoms with Crippen LogP contribution in [0.25, 0.3) is 0 Å². The van der Waals surface area contributed by atoms with Crippen molar-refractivity contribution in [2.45, 2.75) is 51.9 Å². The molecule has 0 N–H and O–H groups in total. The Kier molecular flexibility index (Phi) is 2.18. The van der Waals surface area contributed by atoms with E-state index in [0.29, 0.717) is 0 Å². The van der Waals surface area contributed by atoms with Crippen molar-refractivity contribution < 1.29 is 0 Å². The SMILES string of the molecule is CC1=CC[C@@H]2CCCC3CCC(C1)C32. The van der Waals surface area contributed by atoms with Gasteiger partial charge in [0.15, 0.2) is 0 Å². The summed E-state index contributed by atoms with van der Waals surface area (Å²) in [5.74, 6) is 4.39. The summed E-state index contributed by atoms with van der Waals surface area (Å²) in [4.78, 5) is 0. The molecule has 2 fully saturated rings. The van der Waals surface area contributed by atoms with Gasteiger partial charge >= 0.3 is 0 Å². The van der Waals surface area contributed by atoms with Crippen molar-refractivity contribution in [3.05, 3.63) is 11.6 Å². The molecule has 4 atom stereocenters. The lowest BCUT2D eigenvalue weighted by Gasteiger charge is -2.35. The molecule has 3 rings (SSSR count). The molecule has 0 heteroatoms. The monoisotopic (exact) mass is 190 g/mol. The Balaban J connectivity index is 1.87. The maximum Gasteiger partial charge on any atom is -0.0292 e. The molecule has 0 radical (unpaired) electrons. The van der Waals surface area contributed by atoms with Crippen LogP contribution in [0.2, 0.25) is 0 Å². The highest BCUT2D eigenvalue weighted by molar-refractivity contribution is 5.08. The quantitative estimate of drug-likeness (QED) is 0.503. The van der Waals surface area contributed by atoms with Crippen molar-refractivity contribution in [1.82, 2.24) is 0 Å². The molecule has 2 saturated carbocycles. The zero-order chi connectivity index (χ0) is 9.54. The highest BCUT2D eigenvalue weighted by Gasteiger charge is 2.43. The van der Waals surface area contributed by atoms with Crippen molar-refractivity contribution in [2.75, 3.05) is 0 Å². The molecule has 3 aliphatic rings. The van der Waals surface area contributed by atoms with Gasteiger partial charge < -0.3 is 0 Å². The molecule has 0 saturated heterocycles. The lowest BCUT2D eigenvalue weighted by atomic mass is 9.70. The molecule has 14 heavy (non-hydrogen) atoms. The van der Waals surface area contributed by atoms with E-state index in [1.54, 1.807) is 18.4 Å². The van der Waals surface area contributed by atoms with E-state index in [2.05, 4.69) is 13.0 Å². The third-order valence-electron chi connectivity index (χ3n) is 5.04. The van der Waals surface area contributed by atoms with E-state index < -0.39 is 0 Å². The molecular weight excluding hydrogens is 168 g/mol. The minimum absolute atomic E-state index is 1.07. The maximum absolute atomic E-state index is 2.55. The van der Waals surface area contributed by atoms with Crippen LogP contribution in [0.15, 0.2) is 11.6 Å². The van der Waals surface area contributed by atoms with Gasteiger partial charge in [0, 0.05) is 0 Å². The van der Waals surface area contributed by atoms with Crippen LogP contribution in [0.5, 0.6) is 0 Å². The summed E-state index contributed by atoms with van der Waals surface area (Å²) in [6, 6.07) is 0. The van der Waals surface area contributed by atoms with Crippen LogP contribution in [0.4, 0.5) is 0 Å². The van der Waals surface area contributed by atoms with Gasteiger partial charge in [-0.05, 0) is 62.7 Å². The van der Waals surface area contributed by atoms with Crippen molar-refractivity contribution >= 4 is 0 Å². The Morgan fingerprint density at radius 2 is 1.79 bits per heavy atom. The van der Waals surface area contributed by atoms with Gasteiger partial charge in [-0.15, -0.1) is 0 Å². The van der Waals surface area contributed by atoms with Gasteiger partial charge in [-0.25, -0.2) is 0 Å². The lowest BCUT2D eigenvalue weighted by molar-refractivity contribution is 0.147. The summed E-state index contributed by atoms with van der Waals surface area (Å²) >= 11 is 0. The van der Waals surface area contributed by atoms with Crippen LogP contribution >= 0.6 is 0 Å². The van der Waals surface area contributed by atoms with Crippen molar-refractivity contribution in [2.24, 2.45) is 23.7 Å². The average molecular weight is 190 g/mol. The highest BCUT2D eigenvalue weighted by atomic mass is 14.5. The van der Waals surface area contributed by atoms with Crippen molar-refractivity contribution in [1.29, 1.82) is 0 Å². The van der Waals surface area contributed by atoms with Crippen LogP contribution in [0.3, 0.4) is 0 Å². The Morgan fingerprint density at radius 3 is 2.71 bits per heavy atom. The molecule has 0 aromatic heterocycles. The first-order valence-electron chi connectivity index (χ1n) is 6.50. The number of hydrogen-bond donors (Lipinski definition) is 0. The average Bonchev–Trinajstić information content (AvgIpc) is 2.51. The third kappa shape index (κ3) is 1.34. The van der Waals surface area contributed by atoms with E-state index in [4.69, 9.17) is 0 Å². The first-order valence-corrected chi connectivity index (χ1v) is 6.50. The Labute approximate surface area is 87.8 Å². The van der Waals surface area contributed by atoms with E-state index in [0.717, 1.165) is 23.7 Å². The fraction of sp³-hybridized carbons (Fsp3) is 0.857.